The van der Waals surface area contributed by atoms with Gasteiger partial charge in [-0.05, 0) is 11.5 Å². The first-order valence-electron chi connectivity index (χ1n) is 6.29. The Morgan fingerprint density at radius 3 is 2.65 bits per heavy atom. The summed E-state index contributed by atoms with van der Waals surface area (Å²) >= 11 is 0. The minimum absolute atomic E-state index is 0.00794. The van der Waals surface area contributed by atoms with Crippen molar-refractivity contribution in [3.05, 3.63) is 41.6 Å². The SMILES string of the molecule is C=[N+]1[C-](c2ccccc2C2CC2)OCC1(C)C. The van der Waals surface area contributed by atoms with Gasteiger partial charge in [-0.1, -0.05) is 18.9 Å². The molecule has 0 N–H and O–H groups in total. The quantitative estimate of drug-likeness (QED) is 0.561. The third kappa shape index (κ3) is 1.77. The largest absolute Gasteiger partial charge is 0.331 e. The van der Waals surface area contributed by atoms with E-state index in [1.807, 2.05) is 4.58 Å². The van der Waals surface area contributed by atoms with Crippen molar-refractivity contribution in [1.29, 1.82) is 0 Å². The first-order valence-corrected chi connectivity index (χ1v) is 6.29. The fourth-order valence-corrected chi connectivity index (χ4v) is 2.34. The van der Waals surface area contributed by atoms with Gasteiger partial charge in [0.25, 0.3) is 0 Å². The molecule has 0 radical (unpaired) electrons. The fraction of sp³-hybridized carbons (Fsp3) is 0.467. The van der Waals surface area contributed by atoms with Crippen molar-refractivity contribution in [2.24, 2.45) is 0 Å². The molecule has 1 aromatic rings. The van der Waals surface area contributed by atoms with E-state index in [4.69, 9.17) is 4.74 Å². The lowest BCUT2D eigenvalue weighted by molar-refractivity contribution is -0.562. The van der Waals surface area contributed by atoms with Gasteiger partial charge in [-0.3, -0.25) is 4.58 Å². The highest BCUT2D eigenvalue weighted by atomic mass is 16.5. The fourth-order valence-electron chi connectivity index (χ4n) is 2.34. The summed E-state index contributed by atoms with van der Waals surface area (Å²) in [6.07, 6.45) is 3.56. The van der Waals surface area contributed by atoms with Crippen LogP contribution in [0.15, 0.2) is 24.3 Å². The van der Waals surface area contributed by atoms with Crippen LogP contribution in [-0.2, 0) is 4.74 Å². The minimum Gasteiger partial charge on any atom is -0.331 e. The van der Waals surface area contributed by atoms with Gasteiger partial charge < -0.3 is 4.74 Å². The topological polar surface area (TPSA) is 12.2 Å². The number of hydrogen-bond donors (Lipinski definition) is 0. The molecule has 0 amide bonds. The molecule has 90 valence electrons. The molecule has 17 heavy (non-hydrogen) atoms. The van der Waals surface area contributed by atoms with Crippen molar-refractivity contribution in [3.8, 4) is 0 Å². The molecule has 0 spiro atoms. The van der Waals surface area contributed by atoms with E-state index in [1.165, 1.54) is 24.0 Å². The molecule has 1 heterocycles. The molecule has 3 rings (SSSR count). The van der Waals surface area contributed by atoms with Crippen molar-refractivity contribution in [1.82, 2.24) is 0 Å². The van der Waals surface area contributed by atoms with Gasteiger partial charge in [0.2, 0.25) is 6.23 Å². The Hall–Kier alpha value is -1.28. The van der Waals surface area contributed by atoms with Crippen LogP contribution in [0.3, 0.4) is 0 Å². The maximum Gasteiger partial charge on any atom is 0.237 e. The number of benzene rings is 1. The molecule has 2 aliphatic rings. The van der Waals surface area contributed by atoms with Gasteiger partial charge in [-0.2, -0.15) is 0 Å². The lowest BCUT2D eigenvalue weighted by Gasteiger charge is -2.20. The normalized spacial score (nSPS) is 23.2. The van der Waals surface area contributed by atoms with E-state index >= 15 is 0 Å². The highest BCUT2D eigenvalue weighted by molar-refractivity contribution is 5.40. The molecule has 1 aliphatic heterocycles. The van der Waals surface area contributed by atoms with Crippen molar-refractivity contribution in [2.75, 3.05) is 6.61 Å². The van der Waals surface area contributed by atoms with Crippen molar-refractivity contribution >= 4 is 6.72 Å². The maximum absolute atomic E-state index is 5.87. The molecule has 0 atom stereocenters. The Balaban J connectivity index is 1.97. The zero-order valence-corrected chi connectivity index (χ0v) is 10.6. The van der Waals surface area contributed by atoms with Gasteiger partial charge in [-0.25, -0.2) is 0 Å². The zero-order chi connectivity index (χ0) is 12.0. The van der Waals surface area contributed by atoms with Gasteiger partial charge in [-0.15, -0.1) is 23.8 Å². The molecule has 1 aliphatic carbocycles. The Morgan fingerprint density at radius 2 is 2.06 bits per heavy atom. The molecule has 0 unspecified atom stereocenters. The second-order valence-corrected chi connectivity index (χ2v) is 5.70. The maximum atomic E-state index is 5.87. The molecule has 0 aromatic heterocycles. The first kappa shape index (κ1) is 10.8. The van der Waals surface area contributed by atoms with Crippen LogP contribution in [0, 0.1) is 6.23 Å². The summed E-state index contributed by atoms with van der Waals surface area (Å²) in [5.41, 5.74) is 2.65. The van der Waals surface area contributed by atoms with Crippen LogP contribution in [0.25, 0.3) is 0 Å². The molecule has 2 heteroatoms. The van der Waals surface area contributed by atoms with Gasteiger partial charge in [0.05, 0.1) is 6.72 Å². The van der Waals surface area contributed by atoms with Crippen LogP contribution in [0.2, 0.25) is 0 Å². The van der Waals surface area contributed by atoms with E-state index in [-0.39, 0.29) is 5.54 Å². The van der Waals surface area contributed by atoms with Gasteiger partial charge in [0, 0.05) is 13.8 Å². The summed E-state index contributed by atoms with van der Waals surface area (Å²) in [6, 6.07) is 8.58. The molecule has 0 bridgehead atoms. The number of nitrogens with zero attached hydrogens (tertiary/aromatic N) is 1. The predicted octanol–water partition coefficient (Wildman–Crippen LogP) is 2.92. The number of ether oxygens (including phenoxy) is 1. The summed E-state index contributed by atoms with van der Waals surface area (Å²) in [7, 11) is 0. The van der Waals surface area contributed by atoms with Crippen LogP contribution in [0.1, 0.15) is 43.7 Å². The molecular formula is C15H19NO. The standard InChI is InChI=1S/C15H19NO/c1-15(2)10-17-14(16(15)3)13-7-5-4-6-12(13)11-8-9-11/h4-7,11H,3,8-10H2,1-2H3. The highest BCUT2D eigenvalue weighted by Gasteiger charge is 2.42. The Bertz CT molecular complexity index is 460. The lowest BCUT2D eigenvalue weighted by atomic mass is 10.0. The van der Waals surface area contributed by atoms with Gasteiger partial charge in [0.15, 0.2) is 5.54 Å². The molecule has 2 nitrogen and oxygen atoms in total. The van der Waals surface area contributed by atoms with E-state index in [0.29, 0.717) is 6.61 Å². The van der Waals surface area contributed by atoms with Crippen molar-refractivity contribution < 1.29 is 9.31 Å². The summed E-state index contributed by atoms with van der Waals surface area (Å²) in [5.74, 6) is 0.736. The molecule has 1 saturated heterocycles. The predicted molar refractivity (Wildman–Crippen MR) is 68.2 cm³/mol. The van der Waals surface area contributed by atoms with Crippen molar-refractivity contribution in [3.63, 3.8) is 0 Å². The monoisotopic (exact) mass is 229 g/mol. The van der Waals surface area contributed by atoms with Crippen LogP contribution in [-0.4, -0.2) is 23.4 Å². The molecule has 1 aromatic carbocycles. The van der Waals surface area contributed by atoms with Gasteiger partial charge >= 0.3 is 0 Å². The summed E-state index contributed by atoms with van der Waals surface area (Å²) < 4.78 is 7.89. The summed E-state index contributed by atoms with van der Waals surface area (Å²) in [4.78, 5) is 0. The summed E-state index contributed by atoms with van der Waals surface area (Å²) in [5, 5.41) is 0. The van der Waals surface area contributed by atoms with Crippen molar-refractivity contribution in [2.45, 2.75) is 38.1 Å². The lowest BCUT2D eigenvalue weighted by Crippen LogP contribution is -2.32. The smallest absolute Gasteiger partial charge is 0.237 e. The Morgan fingerprint density at radius 1 is 1.35 bits per heavy atom. The molecular weight excluding hydrogens is 210 g/mol. The minimum atomic E-state index is -0.00794. The third-order valence-electron chi connectivity index (χ3n) is 3.75. The van der Waals surface area contributed by atoms with Gasteiger partial charge in [0.1, 0.15) is 6.61 Å². The highest BCUT2D eigenvalue weighted by Crippen LogP contribution is 2.44. The average molecular weight is 229 g/mol. The Kier molecular flexibility index (Phi) is 2.30. The van der Waals surface area contributed by atoms with E-state index in [9.17, 15) is 0 Å². The second kappa shape index (κ2) is 3.61. The molecule has 2 fully saturated rings. The van der Waals surface area contributed by atoms with Crippen LogP contribution in [0.4, 0.5) is 0 Å². The Labute approximate surface area is 103 Å². The first-order chi connectivity index (χ1) is 8.09. The van der Waals surface area contributed by atoms with Crippen LogP contribution >= 0.6 is 0 Å². The second-order valence-electron chi connectivity index (χ2n) is 5.70. The van der Waals surface area contributed by atoms with Crippen LogP contribution < -0.4 is 0 Å². The van der Waals surface area contributed by atoms with E-state index in [2.05, 4.69) is 44.8 Å². The number of rotatable bonds is 2. The number of hydrogen-bond acceptors (Lipinski definition) is 1. The summed E-state index contributed by atoms with van der Waals surface area (Å²) in [6.45, 7) is 9.17. The van der Waals surface area contributed by atoms with E-state index in [1.54, 1.807) is 0 Å². The van der Waals surface area contributed by atoms with E-state index < -0.39 is 0 Å². The zero-order valence-electron chi connectivity index (χ0n) is 10.6. The molecule has 1 saturated carbocycles. The van der Waals surface area contributed by atoms with Crippen LogP contribution in [0.5, 0.6) is 0 Å². The third-order valence-corrected chi connectivity index (χ3v) is 3.75. The van der Waals surface area contributed by atoms with E-state index in [0.717, 1.165) is 12.1 Å². The average Bonchev–Trinajstić information content (AvgIpc) is 3.10.